The number of rotatable bonds is 3. The van der Waals surface area contributed by atoms with Crippen LogP contribution in [0.2, 0.25) is 0 Å². The summed E-state index contributed by atoms with van der Waals surface area (Å²) in [6.45, 7) is 0.856. The molecule has 0 unspecified atom stereocenters. The Labute approximate surface area is 165 Å². The summed E-state index contributed by atoms with van der Waals surface area (Å²) < 4.78 is 0. The van der Waals surface area contributed by atoms with Crippen LogP contribution in [-0.2, 0) is 0 Å². The van der Waals surface area contributed by atoms with Crippen LogP contribution in [0.1, 0.15) is 5.56 Å². The van der Waals surface area contributed by atoms with Gasteiger partial charge >= 0.3 is 0 Å². The topological polar surface area (TPSA) is 3.24 Å². The predicted octanol–water partition coefficient (Wildman–Crippen LogP) is 6.92. The SMILES string of the molecule is C1=CN(c2ccccc2-c2ccccc2)CC(c2cccc3ccccc23)=C1. The highest BCUT2D eigenvalue weighted by Crippen LogP contribution is 2.34. The molecule has 4 aromatic carbocycles. The zero-order valence-corrected chi connectivity index (χ0v) is 15.6. The van der Waals surface area contributed by atoms with E-state index in [0.717, 1.165) is 6.54 Å². The second-order valence-electron chi connectivity index (χ2n) is 7.07. The third kappa shape index (κ3) is 3.01. The molecule has 1 heteroatoms. The maximum Gasteiger partial charge on any atom is 0.0488 e. The lowest BCUT2D eigenvalue weighted by molar-refractivity contribution is 1.09. The second-order valence-corrected chi connectivity index (χ2v) is 7.07. The van der Waals surface area contributed by atoms with E-state index in [1.807, 2.05) is 0 Å². The summed E-state index contributed by atoms with van der Waals surface area (Å²) in [4.78, 5) is 2.35. The molecular weight excluding hydrogens is 338 g/mol. The first-order valence-electron chi connectivity index (χ1n) is 9.67. The molecule has 0 bridgehead atoms. The molecule has 0 radical (unpaired) electrons. The highest BCUT2D eigenvalue weighted by Gasteiger charge is 2.16. The summed E-state index contributed by atoms with van der Waals surface area (Å²) in [5.74, 6) is 0. The third-order valence-electron chi connectivity index (χ3n) is 5.34. The predicted molar refractivity (Wildman–Crippen MR) is 120 cm³/mol. The lowest BCUT2D eigenvalue weighted by Crippen LogP contribution is -2.21. The third-order valence-corrected chi connectivity index (χ3v) is 5.34. The van der Waals surface area contributed by atoms with Crippen molar-refractivity contribution in [2.45, 2.75) is 0 Å². The van der Waals surface area contributed by atoms with Gasteiger partial charge in [-0.3, -0.25) is 0 Å². The Bertz CT molecular complexity index is 1180. The summed E-state index contributed by atoms with van der Waals surface area (Å²) in [7, 11) is 0. The van der Waals surface area contributed by atoms with Gasteiger partial charge in [-0.1, -0.05) is 97.1 Å². The number of nitrogens with zero attached hydrogens (tertiary/aromatic N) is 1. The first-order valence-corrected chi connectivity index (χ1v) is 9.67. The van der Waals surface area contributed by atoms with Crippen LogP contribution in [-0.4, -0.2) is 6.54 Å². The normalized spacial score (nSPS) is 13.6. The van der Waals surface area contributed by atoms with Crippen molar-refractivity contribution in [3.63, 3.8) is 0 Å². The van der Waals surface area contributed by atoms with Gasteiger partial charge in [0, 0.05) is 24.0 Å². The molecule has 4 aromatic rings. The maximum atomic E-state index is 2.35. The molecule has 0 aliphatic carbocycles. The van der Waals surface area contributed by atoms with Crippen molar-refractivity contribution in [3.8, 4) is 11.1 Å². The Kier molecular flexibility index (Phi) is 4.27. The molecule has 0 saturated carbocycles. The van der Waals surface area contributed by atoms with Gasteiger partial charge in [-0.25, -0.2) is 0 Å². The average Bonchev–Trinajstić information content (AvgIpc) is 2.79. The maximum absolute atomic E-state index is 2.35. The largest absolute Gasteiger partial charge is 0.343 e. The van der Waals surface area contributed by atoms with Crippen molar-refractivity contribution >= 4 is 22.0 Å². The quantitative estimate of drug-likeness (QED) is 0.383. The van der Waals surface area contributed by atoms with Crippen LogP contribution in [0.5, 0.6) is 0 Å². The van der Waals surface area contributed by atoms with Gasteiger partial charge in [0.25, 0.3) is 0 Å². The number of hydrogen-bond acceptors (Lipinski definition) is 1. The summed E-state index contributed by atoms with van der Waals surface area (Å²) >= 11 is 0. The van der Waals surface area contributed by atoms with E-state index >= 15 is 0 Å². The van der Waals surface area contributed by atoms with Gasteiger partial charge in [-0.05, 0) is 39.6 Å². The van der Waals surface area contributed by atoms with Crippen molar-refractivity contribution in [1.82, 2.24) is 0 Å². The molecule has 1 nitrogen and oxygen atoms in total. The van der Waals surface area contributed by atoms with Crippen molar-refractivity contribution in [1.29, 1.82) is 0 Å². The van der Waals surface area contributed by atoms with Gasteiger partial charge in [0.2, 0.25) is 0 Å². The van der Waals surface area contributed by atoms with Crippen LogP contribution in [0.3, 0.4) is 0 Å². The van der Waals surface area contributed by atoms with Crippen LogP contribution in [0, 0.1) is 0 Å². The monoisotopic (exact) mass is 359 g/mol. The minimum absolute atomic E-state index is 0.856. The molecule has 0 aromatic heterocycles. The minimum atomic E-state index is 0.856. The van der Waals surface area contributed by atoms with Crippen LogP contribution in [0.25, 0.3) is 27.5 Å². The van der Waals surface area contributed by atoms with Crippen LogP contribution < -0.4 is 4.90 Å². The van der Waals surface area contributed by atoms with E-state index in [4.69, 9.17) is 0 Å². The molecule has 0 spiro atoms. The fourth-order valence-corrected chi connectivity index (χ4v) is 3.98. The van der Waals surface area contributed by atoms with Gasteiger partial charge in [-0.15, -0.1) is 0 Å². The number of anilines is 1. The average molecular weight is 359 g/mol. The Balaban J connectivity index is 1.54. The molecule has 0 atom stereocenters. The van der Waals surface area contributed by atoms with E-state index in [9.17, 15) is 0 Å². The highest BCUT2D eigenvalue weighted by atomic mass is 15.1. The Morgan fingerprint density at radius 3 is 2.25 bits per heavy atom. The lowest BCUT2D eigenvalue weighted by atomic mass is 9.96. The van der Waals surface area contributed by atoms with E-state index in [-0.39, 0.29) is 0 Å². The second kappa shape index (κ2) is 7.21. The van der Waals surface area contributed by atoms with Crippen molar-refractivity contribution in [2.24, 2.45) is 0 Å². The summed E-state index contributed by atoms with van der Waals surface area (Å²) in [6, 6.07) is 34.4. The fourth-order valence-electron chi connectivity index (χ4n) is 3.98. The minimum Gasteiger partial charge on any atom is -0.343 e. The van der Waals surface area contributed by atoms with E-state index in [1.165, 1.54) is 38.7 Å². The number of allylic oxidation sites excluding steroid dienone is 2. The Morgan fingerprint density at radius 2 is 1.32 bits per heavy atom. The Morgan fingerprint density at radius 1 is 0.607 bits per heavy atom. The smallest absolute Gasteiger partial charge is 0.0488 e. The van der Waals surface area contributed by atoms with Crippen molar-refractivity contribution < 1.29 is 0 Å². The molecular formula is C27H21N. The van der Waals surface area contributed by atoms with E-state index in [1.54, 1.807) is 0 Å². The highest BCUT2D eigenvalue weighted by molar-refractivity contribution is 5.95. The molecule has 1 heterocycles. The van der Waals surface area contributed by atoms with Crippen LogP contribution in [0.15, 0.2) is 115 Å². The number of fused-ring (bicyclic) bond motifs is 1. The van der Waals surface area contributed by atoms with Gasteiger partial charge in [0.05, 0.1) is 0 Å². The fraction of sp³-hybridized carbons (Fsp3) is 0.0370. The van der Waals surface area contributed by atoms with Crippen molar-refractivity contribution in [3.05, 3.63) is 121 Å². The molecule has 134 valence electrons. The molecule has 0 amide bonds. The standard InChI is InChI=1S/C27H21N/c1-2-10-22(11-3-1)26-16-6-7-18-27(26)28-19-9-14-23(20-28)25-17-8-13-21-12-4-5-15-24(21)25/h1-19H,20H2. The number of hydrogen-bond donors (Lipinski definition) is 0. The van der Waals surface area contributed by atoms with E-state index in [2.05, 4.69) is 120 Å². The Hall–Kier alpha value is -3.58. The summed E-state index contributed by atoms with van der Waals surface area (Å²) in [5, 5.41) is 2.59. The zero-order chi connectivity index (χ0) is 18.8. The molecule has 0 saturated heterocycles. The van der Waals surface area contributed by atoms with Crippen LogP contribution in [0.4, 0.5) is 5.69 Å². The van der Waals surface area contributed by atoms with Gasteiger partial charge in [-0.2, -0.15) is 0 Å². The molecule has 5 rings (SSSR count). The van der Waals surface area contributed by atoms with Crippen molar-refractivity contribution in [2.75, 3.05) is 11.4 Å². The number of benzene rings is 4. The van der Waals surface area contributed by atoms with Gasteiger partial charge in [0.1, 0.15) is 0 Å². The molecule has 0 N–H and O–H groups in total. The van der Waals surface area contributed by atoms with Gasteiger partial charge in [0.15, 0.2) is 0 Å². The van der Waals surface area contributed by atoms with E-state index in [0.29, 0.717) is 0 Å². The molecule has 0 fully saturated rings. The first kappa shape index (κ1) is 16.6. The number of para-hydroxylation sites is 1. The first-order chi connectivity index (χ1) is 13.9. The molecule has 28 heavy (non-hydrogen) atoms. The molecule has 1 aliphatic rings. The van der Waals surface area contributed by atoms with Crippen LogP contribution >= 0.6 is 0 Å². The lowest BCUT2D eigenvalue weighted by Gasteiger charge is -2.27. The summed E-state index contributed by atoms with van der Waals surface area (Å²) in [5.41, 5.74) is 6.38. The zero-order valence-electron chi connectivity index (χ0n) is 15.6. The molecule has 1 aliphatic heterocycles. The van der Waals surface area contributed by atoms with E-state index < -0.39 is 0 Å². The summed E-state index contributed by atoms with van der Waals surface area (Å²) in [6.07, 6.45) is 6.57. The van der Waals surface area contributed by atoms with Gasteiger partial charge < -0.3 is 4.90 Å².